The van der Waals surface area contributed by atoms with Gasteiger partial charge in [0.25, 0.3) is 0 Å². The average Bonchev–Trinajstić information content (AvgIpc) is 2.86. The summed E-state index contributed by atoms with van der Waals surface area (Å²) in [5.74, 6) is 2.43. The van der Waals surface area contributed by atoms with Crippen molar-refractivity contribution >= 4 is 5.82 Å². The molecule has 0 bridgehead atoms. The lowest BCUT2D eigenvalue weighted by Crippen LogP contribution is -2.35. The van der Waals surface area contributed by atoms with Crippen LogP contribution in [-0.2, 0) is 7.05 Å². The van der Waals surface area contributed by atoms with Crippen molar-refractivity contribution in [2.75, 3.05) is 18.0 Å². The third kappa shape index (κ3) is 2.05. The lowest BCUT2D eigenvalue weighted by molar-refractivity contribution is 0.477. The van der Waals surface area contributed by atoms with E-state index in [0.29, 0.717) is 5.92 Å². The number of hydrogen-bond acceptors (Lipinski definition) is 5. The second-order valence-electron chi connectivity index (χ2n) is 4.65. The Morgan fingerprint density at radius 2 is 2.28 bits per heavy atom. The van der Waals surface area contributed by atoms with E-state index in [1.54, 1.807) is 18.7 Å². The fraction of sp³-hybridized carbons (Fsp3) is 0.500. The number of hydrogen-bond donors (Lipinski definition) is 0. The van der Waals surface area contributed by atoms with E-state index in [0.717, 1.165) is 37.6 Å². The molecule has 0 unspecified atom stereocenters. The number of nitrogens with zero attached hydrogens (tertiary/aromatic N) is 6. The molecule has 0 radical (unpaired) electrons. The van der Waals surface area contributed by atoms with Crippen LogP contribution in [0.15, 0.2) is 24.9 Å². The van der Waals surface area contributed by atoms with Crippen LogP contribution in [0.1, 0.15) is 24.6 Å². The van der Waals surface area contributed by atoms with E-state index in [2.05, 4.69) is 25.1 Å². The van der Waals surface area contributed by atoms with Gasteiger partial charge in [0.2, 0.25) is 0 Å². The van der Waals surface area contributed by atoms with E-state index in [1.807, 2.05) is 17.8 Å². The van der Waals surface area contributed by atoms with Gasteiger partial charge < -0.3 is 9.47 Å². The van der Waals surface area contributed by atoms with Gasteiger partial charge in [0, 0.05) is 38.4 Å². The van der Waals surface area contributed by atoms with Crippen molar-refractivity contribution in [1.82, 2.24) is 24.7 Å². The molecular formula is C12H16N6. The average molecular weight is 244 g/mol. The molecule has 0 amide bonds. The summed E-state index contributed by atoms with van der Waals surface area (Å²) in [5, 5.41) is 8.18. The fourth-order valence-electron chi connectivity index (χ4n) is 2.51. The van der Waals surface area contributed by atoms with E-state index in [9.17, 15) is 0 Å². The SMILES string of the molecule is Cn1cnnc1[C@H]1CCCN(c2cnccn2)C1. The molecule has 0 saturated carbocycles. The molecule has 94 valence electrons. The number of aryl methyl sites for hydroxylation is 1. The third-order valence-corrected chi connectivity index (χ3v) is 3.41. The smallest absolute Gasteiger partial charge is 0.147 e. The van der Waals surface area contributed by atoms with Crippen LogP contribution in [0.4, 0.5) is 5.82 Å². The van der Waals surface area contributed by atoms with Crippen molar-refractivity contribution in [3.8, 4) is 0 Å². The number of rotatable bonds is 2. The van der Waals surface area contributed by atoms with Gasteiger partial charge in [0.1, 0.15) is 18.0 Å². The minimum atomic E-state index is 0.424. The second-order valence-corrected chi connectivity index (χ2v) is 4.65. The minimum Gasteiger partial charge on any atom is -0.355 e. The van der Waals surface area contributed by atoms with Gasteiger partial charge in [-0.25, -0.2) is 4.98 Å². The quantitative estimate of drug-likeness (QED) is 0.788. The molecule has 0 N–H and O–H groups in total. The van der Waals surface area contributed by atoms with Gasteiger partial charge in [-0.2, -0.15) is 0 Å². The van der Waals surface area contributed by atoms with E-state index in [1.165, 1.54) is 0 Å². The Morgan fingerprint density at radius 3 is 3.00 bits per heavy atom. The molecule has 1 fully saturated rings. The standard InChI is InChI=1S/C12H16N6/c1-17-9-15-16-12(17)10-3-2-6-18(8-10)11-7-13-4-5-14-11/h4-5,7,9-10H,2-3,6,8H2,1H3/t10-/m0/s1. The molecule has 3 heterocycles. The Balaban J connectivity index is 1.79. The Morgan fingerprint density at radius 1 is 1.33 bits per heavy atom. The Kier molecular flexibility index (Phi) is 2.92. The highest BCUT2D eigenvalue weighted by molar-refractivity contribution is 5.36. The molecule has 6 heteroatoms. The van der Waals surface area contributed by atoms with E-state index >= 15 is 0 Å². The van der Waals surface area contributed by atoms with Gasteiger partial charge in [0.05, 0.1) is 6.20 Å². The topological polar surface area (TPSA) is 59.7 Å². The number of anilines is 1. The molecule has 2 aromatic rings. The predicted molar refractivity (Wildman–Crippen MR) is 67.2 cm³/mol. The van der Waals surface area contributed by atoms with Crippen LogP contribution in [0.3, 0.4) is 0 Å². The summed E-state index contributed by atoms with van der Waals surface area (Å²) in [6, 6.07) is 0. The highest BCUT2D eigenvalue weighted by atomic mass is 15.3. The molecule has 1 atom stereocenters. The van der Waals surface area contributed by atoms with E-state index in [-0.39, 0.29) is 0 Å². The zero-order chi connectivity index (χ0) is 12.4. The molecule has 2 aromatic heterocycles. The lowest BCUT2D eigenvalue weighted by Gasteiger charge is -2.32. The third-order valence-electron chi connectivity index (χ3n) is 3.41. The minimum absolute atomic E-state index is 0.424. The second kappa shape index (κ2) is 4.72. The van der Waals surface area contributed by atoms with Gasteiger partial charge >= 0.3 is 0 Å². The monoisotopic (exact) mass is 244 g/mol. The molecule has 18 heavy (non-hydrogen) atoms. The Bertz CT molecular complexity index is 508. The van der Waals surface area contributed by atoms with Crippen LogP contribution >= 0.6 is 0 Å². The molecule has 3 rings (SSSR count). The van der Waals surface area contributed by atoms with Crippen molar-refractivity contribution in [3.05, 3.63) is 30.7 Å². The zero-order valence-corrected chi connectivity index (χ0v) is 10.4. The van der Waals surface area contributed by atoms with Crippen LogP contribution in [0.2, 0.25) is 0 Å². The maximum Gasteiger partial charge on any atom is 0.147 e. The first-order valence-electron chi connectivity index (χ1n) is 6.19. The zero-order valence-electron chi connectivity index (χ0n) is 10.4. The highest BCUT2D eigenvalue weighted by Gasteiger charge is 2.25. The predicted octanol–water partition coefficient (Wildman–Crippen LogP) is 0.989. The molecular weight excluding hydrogens is 228 g/mol. The van der Waals surface area contributed by atoms with Crippen molar-refractivity contribution in [2.24, 2.45) is 7.05 Å². The van der Waals surface area contributed by atoms with Crippen LogP contribution in [0.25, 0.3) is 0 Å². The first-order valence-corrected chi connectivity index (χ1v) is 6.19. The van der Waals surface area contributed by atoms with Gasteiger partial charge in [-0.3, -0.25) is 4.98 Å². The normalized spacial score (nSPS) is 20.1. The first kappa shape index (κ1) is 11.1. The highest BCUT2D eigenvalue weighted by Crippen LogP contribution is 2.27. The van der Waals surface area contributed by atoms with Crippen LogP contribution in [0.5, 0.6) is 0 Å². The summed E-state index contributed by atoms with van der Waals surface area (Å²) in [6.07, 6.45) is 9.32. The first-order chi connectivity index (χ1) is 8.84. The summed E-state index contributed by atoms with van der Waals surface area (Å²) < 4.78 is 2.00. The summed E-state index contributed by atoms with van der Waals surface area (Å²) in [7, 11) is 2.00. The van der Waals surface area contributed by atoms with Crippen molar-refractivity contribution < 1.29 is 0 Å². The molecule has 1 aliphatic heterocycles. The summed E-state index contributed by atoms with van der Waals surface area (Å²) in [5.41, 5.74) is 0. The van der Waals surface area contributed by atoms with Crippen LogP contribution in [-0.4, -0.2) is 37.8 Å². The van der Waals surface area contributed by atoms with Crippen molar-refractivity contribution in [2.45, 2.75) is 18.8 Å². The van der Waals surface area contributed by atoms with E-state index < -0.39 is 0 Å². The summed E-state index contributed by atoms with van der Waals surface area (Å²) >= 11 is 0. The Labute approximate surface area is 106 Å². The molecule has 6 nitrogen and oxygen atoms in total. The molecule has 0 aromatic carbocycles. The van der Waals surface area contributed by atoms with Crippen molar-refractivity contribution in [1.29, 1.82) is 0 Å². The lowest BCUT2D eigenvalue weighted by atomic mass is 9.97. The molecule has 1 saturated heterocycles. The molecule has 0 aliphatic carbocycles. The van der Waals surface area contributed by atoms with Gasteiger partial charge in [-0.15, -0.1) is 10.2 Å². The fourth-order valence-corrected chi connectivity index (χ4v) is 2.51. The number of aromatic nitrogens is 5. The van der Waals surface area contributed by atoms with Crippen LogP contribution in [0, 0.1) is 0 Å². The van der Waals surface area contributed by atoms with Gasteiger partial charge in [-0.1, -0.05) is 0 Å². The van der Waals surface area contributed by atoms with Crippen LogP contribution < -0.4 is 4.90 Å². The van der Waals surface area contributed by atoms with Crippen molar-refractivity contribution in [3.63, 3.8) is 0 Å². The number of piperidine rings is 1. The maximum atomic E-state index is 4.36. The summed E-state index contributed by atoms with van der Waals surface area (Å²) in [4.78, 5) is 10.8. The van der Waals surface area contributed by atoms with Gasteiger partial charge in [-0.05, 0) is 12.8 Å². The van der Waals surface area contributed by atoms with Gasteiger partial charge in [0.15, 0.2) is 0 Å². The summed E-state index contributed by atoms with van der Waals surface area (Å²) in [6.45, 7) is 1.97. The maximum absolute atomic E-state index is 4.36. The molecule has 0 spiro atoms. The molecule has 1 aliphatic rings. The van der Waals surface area contributed by atoms with E-state index in [4.69, 9.17) is 0 Å². The Hall–Kier alpha value is -1.98. The largest absolute Gasteiger partial charge is 0.355 e.